The van der Waals surface area contributed by atoms with Gasteiger partial charge in [0.05, 0.1) is 6.04 Å². The molecule has 1 unspecified atom stereocenters. The van der Waals surface area contributed by atoms with Crippen LogP contribution >= 0.6 is 0 Å². The van der Waals surface area contributed by atoms with E-state index in [0.29, 0.717) is 0 Å². The van der Waals surface area contributed by atoms with Crippen LogP contribution in [0.5, 0.6) is 0 Å². The quantitative estimate of drug-likeness (QED) is 0.600. The first-order valence-electron chi connectivity index (χ1n) is 6.22. The van der Waals surface area contributed by atoms with Crippen molar-refractivity contribution in [1.82, 2.24) is 10.4 Å². The maximum atomic E-state index is 12.3. The van der Waals surface area contributed by atoms with Crippen LogP contribution in [0.1, 0.15) is 27.2 Å². The van der Waals surface area contributed by atoms with Gasteiger partial charge < -0.3 is 9.29 Å². The van der Waals surface area contributed by atoms with E-state index in [2.05, 4.69) is 9.61 Å². The molecule has 1 aliphatic heterocycles. The van der Waals surface area contributed by atoms with E-state index in [-0.39, 0.29) is 18.7 Å². The molecule has 1 aliphatic rings. The molecule has 0 aliphatic carbocycles. The second kappa shape index (κ2) is 5.95. The van der Waals surface area contributed by atoms with Crippen molar-refractivity contribution in [2.24, 2.45) is 5.41 Å². The number of halogens is 3. The van der Waals surface area contributed by atoms with E-state index in [0.717, 1.165) is 0 Å². The number of alkyl halides is 3. The van der Waals surface area contributed by atoms with Gasteiger partial charge in [-0.2, -0.15) is 21.6 Å². The lowest BCUT2D eigenvalue weighted by Crippen LogP contribution is -2.54. The van der Waals surface area contributed by atoms with Gasteiger partial charge in [-0.1, -0.05) is 20.8 Å². The summed E-state index contributed by atoms with van der Waals surface area (Å²) in [6, 6.07) is -0.671. The van der Waals surface area contributed by atoms with Gasteiger partial charge >= 0.3 is 21.7 Å². The van der Waals surface area contributed by atoms with Crippen molar-refractivity contribution in [2.75, 3.05) is 6.54 Å². The molecule has 0 fully saturated rings. The van der Waals surface area contributed by atoms with E-state index < -0.39 is 33.2 Å². The lowest BCUT2D eigenvalue weighted by molar-refractivity contribution is -0.0527. The molecule has 1 amide bonds. The minimum atomic E-state index is -5.73. The van der Waals surface area contributed by atoms with Crippen molar-refractivity contribution in [1.29, 1.82) is 0 Å². The summed E-state index contributed by atoms with van der Waals surface area (Å²) in [6.45, 7) is 5.16. The summed E-state index contributed by atoms with van der Waals surface area (Å²) in [7, 11) is -5.73. The zero-order valence-corrected chi connectivity index (χ0v) is 13.0. The zero-order chi connectivity index (χ0) is 17.3. The lowest BCUT2D eigenvalue weighted by atomic mass is 9.84. The van der Waals surface area contributed by atoms with Crippen molar-refractivity contribution < 1.29 is 35.7 Å². The molecule has 0 aromatic carbocycles. The molecule has 0 spiro atoms. The Bertz CT molecular complexity index is 565. The Hall–Kier alpha value is -1.49. The highest BCUT2D eigenvalue weighted by molar-refractivity contribution is 7.87. The second-order valence-electron chi connectivity index (χ2n) is 5.79. The van der Waals surface area contributed by atoms with Gasteiger partial charge in [0.15, 0.2) is 0 Å². The van der Waals surface area contributed by atoms with Crippen LogP contribution in [0, 0.1) is 5.41 Å². The SMILES string of the molecule is CC(C)(C)C1C=C(OS(=O)(=O)C(F)(F)F)CCN1NC(=O)O. The summed E-state index contributed by atoms with van der Waals surface area (Å²) in [5, 5.41) is 10.1. The molecule has 7 nitrogen and oxygen atoms in total. The number of carboxylic acid groups (broad SMARTS) is 1. The molecular weight excluding hydrogens is 329 g/mol. The van der Waals surface area contributed by atoms with Crippen LogP contribution in [0.3, 0.4) is 0 Å². The highest BCUT2D eigenvalue weighted by Crippen LogP contribution is 2.33. The van der Waals surface area contributed by atoms with E-state index in [1.54, 1.807) is 20.8 Å². The number of amides is 1. The zero-order valence-electron chi connectivity index (χ0n) is 12.1. The van der Waals surface area contributed by atoms with Crippen molar-refractivity contribution in [2.45, 2.75) is 38.7 Å². The fraction of sp³-hybridized carbons (Fsp3) is 0.727. The van der Waals surface area contributed by atoms with Crippen molar-refractivity contribution in [3.8, 4) is 0 Å². The first-order chi connectivity index (χ1) is 9.74. The summed E-state index contributed by atoms with van der Waals surface area (Å²) in [6.07, 6.45) is -0.319. The molecule has 22 heavy (non-hydrogen) atoms. The molecule has 0 bridgehead atoms. The number of carbonyl (C=O) groups is 1. The monoisotopic (exact) mass is 346 g/mol. The van der Waals surface area contributed by atoms with E-state index in [1.165, 1.54) is 11.1 Å². The highest BCUT2D eigenvalue weighted by Gasteiger charge is 2.49. The molecule has 1 atom stereocenters. The minimum Gasteiger partial charge on any atom is -0.464 e. The van der Waals surface area contributed by atoms with Gasteiger partial charge in [0.1, 0.15) is 5.76 Å². The molecule has 0 aromatic heterocycles. The Morgan fingerprint density at radius 3 is 2.36 bits per heavy atom. The van der Waals surface area contributed by atoms with Crippen LogP contribution in [0.4, 0.5) is 18.0 Å². The fourth-order valence-corrected chi connectivity index (χ4v) is 2.46. The van der Waals surface area contributed by atoms with Gasteiger partial charge in [-0.05, 0) is 11.5 Å². The number of hydrazine groups is 1. The molecular formula is C11H17F3N2O5S. The average Bonchev–Trinajstić information content (AvgIpc) is 2.27. The van der Waals surface area contributed by atoms with Gasteiger partial charge in [0, 0.05) is 13.0 Å². The Morgan fingerprint density at radius 2 is 1.95 bits per heavy atom. The van der Waals surface area contributed by atoms with Gasteiger partial charge in [-0.3, -0.25) is 5.43 Å². The maximum absolute atomic E-state index is 12.3. The van der Waals surface area contributed by atoms with Crippen LogP contribution in [0.15, 0.2) is 11.8 Å². The molecule has 128 valence electrons. The predicted octanol–water partition coefficient (Wildman–Crippen LogP) is 2.04. The van der Waals surface area contributed by atoms with Crippen molar-refractivity contribution >= 4 is 16.2 Å². The standard InChI is InChI=1S/C11H17F3N2O5S/c1-10(2,3)8-6-7(4-5-16(8)15-9(17)18)21-22(19,20)11(12,13)14/h6,8,15H,4-5H2,1-3H3,(H,17,18). The molecule has 2 N–H and O–H groups in total. The third-order valence-electron chi connectivity index (χ3n) is 2.91. The third kappa shape index (κ3) is 4.50. The van der Waals surface area contributed by atoms with Gasteiger partial charge in [0.2, 0.25) is 0 Å². The average molecular weight is 346 g/mol. The van der Waals surface area contributed by atoms with E-state index in [4.69, 9.17) is 5.11 Å². The first-order valence-corrected chi connectivity index (χ1v) is 7.62. The predicted molar refractivity (Wildman–Crippen MR) is 69.9 cm³/mol. The second-order valence-corrected chi connectivity index (χ2v) is 7.33. The molecule has 1 heterocycles. The summed E-state index contributed by atoms with van der Waals surface area (Å²) in [5.74, 6) is -0.360. The largest absolute Gasteiger partial charge is 0.534 e. The van der Waals surface area contributed by atoms with Gasteiger partial charge in [-0.25, -0.2) is 9.80 Å². The van der Waals surface area contributed by atoms with Crippen LogP contribution < -0.4 is 5.43 Å². The Labute approximate surface area is 125 Å². The van der Waals surface area contributed by atoms with Crippen molar-refractivity contribution in [3.05, 3.63) is 11.8 Å². The Balaban J connectivity index is 3.05. The number of nitrogens with zero attached hydrogens (tertiary/aromatic N) is 1. The highest BCUT2D eigenvalue weighted by atomic mass is 32.2. The molecule has 11 heteroatoms. The molecule has 0 radical (unpaired) electrons. The number of hydrogen-bond acceptors (Lipinski definition) is 5. The van der Waals surface area contributed by atoms with Gasteiger partial charge in [-0.15, -0.1) is 0 Å². The summed E-state index contributed by atoms with van der Waals surface area (Å²) in [5.41, 5.74) is -3.95. The summed E-state index contributed by atoms with van der Waals surface area (Å²) >= 11 is 0. The van der Waals surface area contributed by atoms with Crippen molar-refractivity contribution in [3.63, 3.8) is 0 Å². The number of rotatable bonds is 3. The maximum Gasteiger partial charge on any atom is 0.534 e. The van der Waals surface area contributed by atoms with Crippen LogP contribution in [0.2, 0.25) is 0 Å². The minimum absolute atomic E-state index is 0.0204. The topological polar surface area (TPSA) is 95.9 Å². The summed E-state index contributed by atoms with van der Waals surface area (Å²) in [4.78, 5) is 10.7. The van der Waals surface area contributed by atoms with E-state index in [1.807, 2.05) is 0 Å². The first kappa shape index (κ1) is 18.6. The Morgan fingerprint density at radius 1 is 1.41 bits per heavy atom. The van der Waals surface area contributed by atoms with E-state index >= 15 is 0 Å². The fourth-order valence-electron chi connectivity index (χ4n) is 1.94. The van der Waals surface area contributed by atoms with Crippen LogP contribution in [-0.4, -0.2) is 42.7 Å². The molecule has 0 saturated heterocycles. The lowest BCUT2D eigenvalue weighted by Gasteiger charge is -2.40. The number of nitrogens with one attached hydrogen (secondary N) is 1. The summed E-state index contributed by atoms with van der Waals surface area (Å²) < 4.78 is 63.2. The van der Waals surface area contributed by atoms with Crippen LogP contribution in [0.25, 0.3) is 0 Å². The van der Waals surface area contributed by atoms with Gasteiger partial charge in [0.25, 0.3) is 0 Å². The van der Waals surface area contributed by atoms with Crippen LogP contribution in [-0.2, 0) is 14.3 Å². The molecule has 1 rings (SSSR count). The number of hydrogen-bond donors (Lipinski definition) is 2. The molecule has 0 aromatic rings. The third-order valence-corrected chi connectivity index (χ3v) is 3.91. The van der Waals surface area contributed by atoms with E-state index in [9.17, 15) is 26.4 Å². The Kier molecular flexibility index (Phi) is 5.02. The normalized spacial score (nSPS) is 21.2. The smallest absolute Gasteiger partial charge is 0.464 e. The molecule has 0 saturated carbocycles.